The van der Waals surface area contributed by atoms with Gasteiger partial charge in [0.1, 0.15) is 6.61 Å². The van der Waals surface area contributed by atoms with E-state index in [4.69, 9.17) is 4.74 Å². The van der Waals surface area contributed by atoms with Gasteiger partial charge >= 0.3 is 5.97 Å². The van der Waals surface area contributed by atoms with E-state index in [-0.39, 0.29) is 43.8 Å². The minimum Gasteiger partial charge on any atom is -0.463 e. The van der Waals surface area contributed by atoms with Gasteiger partial charge in [-0.2, -0.15) is 0 Å². The van der Waals surface area contributed by atoms with E-state index in [0.29, 0.717) is 19.3 Å². The van der Waals surface area contributed by atoms with E-state index in [9.17, 15) is 19.5 Å². The lowest BCUT2D eigenvalue weighted by molar-refractivity contribution is -0.146. The standard InChI is InChI=1S/C23H32N2O5/c1-23(2)16-30-21(28)12-8-4-7-11-18(22(29)25-23)14-20(27)24-19(15-26)13-17-9-5-3-6-10-17/h3-7,9-10,18-19,26H,8,11-16H2,1-2H3,(H,24,27)(H,25,29)/t18-,19-/m1/s1. The van der Waals surface area contributed by atoms with E-state index in [2.05, 4.69) is 10.6 Å². The lowest BCUT2D eigenvalue weighted by Crippen LogP contribution is -2.50. The molecule has 0 aromatic heterocycles. The smallest absolute Gasteiger partial charge is 0.306 e. The van der Waals surface area contributed by atoms with Crippen LogP contribution in [0.1, 0.15) is 45.1 Å². The van der Waals surface area contributed by atoms with Crippen molar-refractivity contribution in [2.24, 2.45) is 5.92 Å². The fourth-order valence-electron chi connectivity index (χ4n) is 3.24. The van der Waals surface area contributed by atoms with Crippen molar-refractivity contribution in [3.63, 3.8) is 0 Å². The first-order valence-corrected chi connectivity index (χ1v) is 10.4. The van der Waals surface area contributed by atoms with Crippen molar-refractivity contribution < 1.29 is 24.2 Å². The largest absolute Gasteiger partial charge is 0.463 e. The Balaban J connectivity index is 2.00. The number of rotatable bonds is 6. The van der Waals surface area contributed by atoms with Crippen LogP contribution in [0.2, 0.25) is 0 Å². The predicted molar refractivity (Wildman–Crippen MR) is 113 cm³/mol. The highest BCUT2D eigenvalue weighted by Gasteiger charge is 2.29. The molecular weight excluding hydrogens is 384 g/mol. The highest BCUT2D eigenvalue weighted by atomic mass is 16.5. The first-order chi connectivity index (χ1) is 14.3. The summed E-state index contributed by atoms with van der Waals surface area (Å²) >= 11 is 0. The number of hydrogen-bond donors (Lipinski definition) is 3. The van der Waals surface area contributed by atoms with E-state index >= 15 is 0 Å². The van der Waals surface area contributed by atoms with Crippen LogP contribution in [0.5, 0.6) is 0 Å². The van der Waals surface area contributed by atoms with Crippen molar-refractivity contribution in [3.8, 4) is 0 Å². The van der Waals surface area contributed by atoms with Crippen molar-refractivity contribution in [2.75, 3.05) is 13.2 Å². The maximum Gasteiger partial charge on any atom is 0.306 e. The highest BCUT2D eigenvalue weighted by molar-refractivity contribution is 5.86. The van der Waals surface area contributed by atoms with Crippen molar-refractivity contribution in [3.05, 3.63) is 48.0 Å². The number of carbonyl (C=O) groups excluding carboxylic acids is 3. The minimum atomic E-state index is -0.731. The highest BCUT2D eigenvalue weighted by Crippen LogP contribution is 2.15. The van der Waals surface area contributed by atoms with Crippen LogP contribution in [0.25, 0.3) is 0 Å². The van der Waals surface area contributed by atoms with Crippen LogP contribution in [0, 0.1) is 5.92 Å². The Kier molecular flexibility index (Phi) is 9.05. The summed E-state index contributed by atoms with van der Waals surface area (Å²) in [5.74, 6) is -1.39. The monoisotopic (exact) mass is 416 g/mol. The number of esters is 1. The van der Waals surface area contributed by atoms with E-state index in [0.717, 1.165) is 5.56 Å². The molecule has 0 saturated carbocycles. The normalized spacial score (nSPS) is 20.8. The number of nitrogens with one attached hydrogen (secondary N) is 2. The summed E-state index contributed by atoms with van der Waals surface area (Å²) in [6.07, 6.45) is 5.39. The quantitative estimate of drug-likeness (QED) is 0.485. The topological polar surface area (TPSA) is 105 Å². The van der Waals surface area contributed by atoms with Gasteiger partial charge in [-0.25, -0.2) is 0 Å². The van der Waals surface area contributed by atoms with Crippen LogP contribution in [0.15, 0.2) is 42.5 Å². The molecule has 1 aromatic rings. The first kappa shape index (κ1) is 23.6. The Morgan fingerprint density at radius 2 is 2.00 bits per heavy atom. The van der Waals surface area contributed by atoms with Gasteiger partial charge in [-0.15, -0.1) is 0 Å². The zero-order chi connectivity index (χ0) is 22.0. The van der Waals surface area contributed by atoms with Gasteiger partial charge < -0.3 is 20.5 Å². The van der Waals surface area contributed by atoms with E-state index in [1.165, 1.54) is 0 Å². The molecule has 2 amide bonds. The number of cyclic esters (lactones) is 1. The Morgan fingerprint density at radius 1 is 1.27 bits per heavy atom. The summed E-state index contributed by atoms with van der Waals surface area (Å²) in [5.41, 5.74) is 0.283. The summed E-state index contributed by atoms with van der Waals surface area (Å²) in [6.45, 7) is 3.44. The number of amides is 2. The number of carbonyl (C=O) groups is 3. The SMILES string of the molecule is CC1(C)COC(=O)CCC=CC[C@H](CC(=O)N[C@@H](CO)Cc2ccccc2)C(=O)N1. The molecule has 0 saturated heterocycles. The summed E-state index contributed by atoms with van der Waals surface area (Å²) in [4.78, 5) is 37.1. The average molecular weight is 417 g/mol. The van der Waals surface area contributed by atoms with Gasteiger partial charge in [0.25, 0.3) is 0 Å². The van der Waals surface area contributed by atoms with Crippen molar-refractivity contribution in [1.82, 2.24) is 10.6 Å². The zero-order valence-electron chi connectivity index (χ0n) is 17.7. The molecule has 0 unspecified atom stereocenters. The molecule has 3 N–H and O–H groups in total. The van der Waals surface area contributed by atoms with Gasteiger partial charge in [0.15, 0.2) is 0 Å². The van der Waals surface area contributed by atoms with Crippen LogP contribution in [0.3, 0.4) is 0 Å². The van der Waals surface area contributed by atoms with Crippen LogP contribution >= 0.6 is 0 Å². The molecule has 7 nitrogen and oxygen atoms in total. The third kappa shape index (κ3) is 8.37. The van der Waals surface area contributed by atoms with Gasteiger partial charge in [-0.3, -0.25) is 14.4 Å². The molecule has 0 radical (unpaired) electrons. The van der Waals surface area contributed by atoms with Gasteiger partial charge in [-0.05, 0) is 38.7 Å². The van der Waals surface area contributed by atoms with Crippen LogP contribution in [-0.2, 0) is 25.5 Å². The number of ether oxygens (including phenoxy) is 1. The maximum atomic E-state index is 12.8. The number of aliphatic hydroxyl groups is 1. The second-order valence-electron chi connectivity index (χ2n) is 8.32. The molecular formula is C23H32N2O5. The molecule has 1 aliphatic heterocycles. The molecule has 30 heavy (non-hydrogen) atoms. The molecule has 0 bridgehead atoms. The summed E-state index contributed by atoms with van der Waals surface area (Å²) in [7, 11) is 0. The average Bonchev–Trinajstić information content (AvgIpc) is 2.70. The van der Waals surface area contributed by atoms with Crippen LogP contribution in [-0.4, -0.2) is 47.7 Å². The minimum absolute atomic E-state index is 0.0112. The Morgan fingerprint density at radius 3 is 2.70 bits per heavy atom. The molecule has 2 rings (SSSR count). The Hall–Kier alpha value is -2.67. The molecule has 0 spiro atoms. The number of benzene rings is 1. The molecule has 0 aliphatic carbocycles. The fraction of sp³-hybridized carbons (Fsp3) is 0.522. The third-order valence-corrected chi connectivity index (χ3v) is 4.87. The predicted octanol–water partition coefficient (Wildman–Crippen LogP) is 1.89. The van der Waals surface area contributed by atoms with E-state index < -0.39 is 17.5 Å². The second kappa shape index (κ2) is 11.5. The molecule has 0 fully saturated rings. The summed E-state index contributed by atoms with van der Waals surface area (Å²) in [6, 6.07) is 9.19. The molecule has 164 valence electrons. The summed E-state index contributed by atoms with van der Waals surface area (Å²) in [5, 5.41) is 15.4. The molecule has 2 atom stereocenters. The Labute approximate surface area is 177 Å². The lowest BCUT2D eigenvalue weighted by Gasteiger charge is -2.28. The van der Waals surface area contributed by atoms with Crippen molar-refractivity contribution in [2.45, 2.75) is 57.5 Å². The molecule has 1 aromatic carbocycles. The third-order valence-electron chi connectivity index (χ3n) is 4.87. The van der Waals surface area contributed by atoms with E-state index in [1.54, 1.807) is 13.8 Å². The molecule has 7 heteroatoms. The number of hydrogen-bond acceptors (Lipinski definition) is 5. The van der Waals surface area contributed by atoms with Gasteiger partial charge in [-0.1, -0.05) is 42.5 Å². The van der Waals surface area contributed by atoms with Gasteiger partial charge in [0, 0.05) is 12.8 Å². The zero-order valence-corrected chi connectivity index (χ0v) is 17.7. The lowest BCUT2D eigenvalue weighted by atomic mass is 9.96. The Bertz CT molecular complexity index is 745. The number of allylic oxidation sites excluding steroid dienone is 2. The van der Waals surface area contributed by atoms with Crippen molar-refractivity contribution >= 4 is 17.8 Å². The second-order valence-corrected chi connectivity index (χ2v) is 8.32. The molecule has 1 aliphatic rings. The summed E-state index contributed by atoms with van der Waals surface area (Å²) < 4.78 is 5.22. The van der Waals surface area contributed by atoms with Crippen molar-refractivity contribution in [1.29, 1.82) is 0 Å². The number of aliphatic hydroxyl groups excluding tert-OH is 1. The fourth-order valence-corrected chi connectivity index (χ4v) is 3.24. The van der Waals surface area contributed by atoms with E-state index in [1.807, 2.05) is 42.5 Å². The van der Waals surface area contributed by atoms with Crippen LogP contribution in [0.4, 0.5) is 0 Å². The first-order valence-electron chi connectivity index (χ1n) is 10.4. The van der Waals surface area contributed by atoms with Gasteiger partial charge in [0.2, 0.25) is 11.8 Å². The van der Waals surface area contributed by atoms with Crippen LogP contribution < -0.4 is 10.6 Å². The molecule has 1 heterocycles. The maximum absolute atomic E-state index is 12.8. The van der Waals surface area contributed by atoms with Gasteiger partial charge in [0.05, 0.1) is 24.1 Å².